The zero-order valence-electron chi connectivity index (χ0n) is 18.9. The maximum absolute atomic E-state index is 4.59. The summed E-state index contributed by atoms with van der Waals surface area (Å²) >= 11 is 0. The van der Waals surface area contributed by atoms with Crippen LogP contribution in [-0.2, 0) is 12.8 Å². The Kier molecular flexibility index (Phi) is 8.62. The SMILES string of the molecule is CCCCCCCc1ccc(-c2ccc(-c3ncc(C[C@@H](C)CC)cn3)cc2)cc1. The van der Waals surface area contributed by atoms with Crippen LogP contribution in [0.3, 0.4) is 0 Å². The molecule has 2 aromatic carbocycles. The van der Waals surface area contributed by atoms with Crippen molar-refractivity contribution in [3.8, 4) is 22.5 Å². The summed E-state index contributed by atoms with van der Waals surface area (Å²) < 4.78 is 0. The van der Waals surface area contributed by atoms with Crippen molar-refractivity contribution in [2.75, 3.05) is 0 Å². The molecule has 30 heavy (non-hydrogen) atoms. The molecule has 3 aromatic rings. The molecular formula is C28H36N2. The van der Waals surface area contributed by atoms with Gasteiger partial charge >= 0.3 is 0 Å². The van der Waals surface area contributed by atoms with Crippen LogP contribution in [0, 0.1) is 5.92 Å². The number of unbranched alkanes of at least 4 members (excludes halogenated alkanes) is 4. The van der Waals surface area contributed by atoms with Crippen molar-refractivity contribution in [3.63, 3.8) is 0 Å². The van der Waals surface area contributed by atoms with E-state index in [1.807, 2.05) is 12.4 Å². The van der Waals surface area contributed by atoms with Gasteiger partial charge in [0, 0.05) is 18.0 Å². The van der Waals surface area contributed by atoms with Gasteiger partial charge in [0.1, 0.15) is 0 Å². The molecule has 0 amide bonds. The fraction of sp³-hybridized carbons (Fsp3) is 0.429. The summed E-state index contributed by atoms with van der Waals surface area (Å²) in [6.07, 6.45) is 14.0. The highest BCUT2D eigenvalue weighted by molar-refractivity contribution is 5.67. The molecule has 0 bridgehead atoms. The first-order chi connectivity index (χ1) is 14.7. The average Bonchev–Trinajstić information content (AvgIpc) is 2.80. The number of hydrogen-bond donors (Lipinski definition) is 0. The summed E-state index contributed by atoms with van der Waals surface area (Å²) in [4.78, 5) is 9.17. The first-order valence-electron chi connectivity index (χ1n) is 11.7. The maximum Gasteiger partial charge on any atom is 0.159 e. The smallest absolute Gasteiger partial charge is 0.159 e. The molecular weight excluding hydrogens is 364 g/mol. The zero-order chi connectivity index (χ0) is 21.2. The lowest BCUT2D eigenvalue weighted by Crippen LogP contribution is -2.00. The lowest BCUT2D eigenvalue weighted by Gasteiger charge is -2.08. The van der Waals surface area contributed by atoms with Gasteiger partial charge in [-0.3, -0.25) is 0 Å². The van der Waals surface area contributed by atoms with E-state index in [1.54, 1.807) is 0 Å². The quantitative estimate of drug-likeness (QED) is 0.306. The van der Waals surface area contributed by atoms with Crippen molar-refractivity contribution in [2.24, 2.45) is 5.92 Å². The van der Waals surface area contributed by atoms with Crippen LogP contribution in [-0.4, -0.2) is 9.97 Å². The predicted molar refractivity (Wildman–Crippen MR) is 129 cm³/mol. The van der Waals surface area contributed by atoms with Crippen LogP contribution in [0.15, 0.2) is 60.9 Å². The van der Waals surface area contributed by atoms with E-state index in [0.717, 1.165) is 17.8 Å². The summed E-state index contributed by atoms with van der Waals surface area (Å²) in [7, 11) is 0. The van der Waals surface area contributed by atoms with Gasteiger partial charge in [-0.2, -0.15) is 0 Å². The summed E-state index contributed by atoms with van der Waals surface area (Å²) in [5, 5.41) is 0. The van der Waals surface area contributed by atoms with Crippen molar-refractivity contribution in [1.82, 2.24) is 9.97 Å². The van der Waals surface area contributed by atoms with Gasteiger partial charge < -0.3 is 0 Å². The molecule has 0 aliphatic rings. The Morgan fingerprint density at radius 3 is 1.83 bits per heavy atom. The fourth-order valence-electron chi connectivity index (χ4n) is 3.76. The molecule has 2 heteroatoms. The summed E-state index contributed by atoms with van der Waals surface area (Å²) in [5.41, 5.74) is 6.23. The van der Waals surface area contributed by atoms with E-state index >= 15 is 0 Å². The molecule has 0 unspecified atom stereocenters. The minimum atomic E-state index is 0.672. The number of benzene rings is 2. The van der Waals surface area contributed by atoms with Crippen molar-refractivity contribution in [2.45, 2.75) is 72.1 Å². The van der Waals surface area contributed by atoms with E-state index < -0.39 is 0 Å². The number of rotatable bonds is 11. The molecule has 0 saturated heterocycles. The molecule has 1 atom stereocenters. The van der Waals surface area contributed by atoms with Crippen molar-refractivity contribution >= 4 is 0 Å². The van der Waals surface area contributed by atoms with E-state index in [4.69, 9.17) is 0 Å². The zero-order valence-corrected chi connectivity index (χ0v) is 18.9. The molecule has 0 radical (unpaired) electrons. The number of hydrogen-bond acceptors (Lipinski definition) is 2. The third kappa shape index (κ3) is 6.52. The van der Waals surface area contributed by atoms with Gasteiger partial charge in [0.05, 0.1) is 0 Å². The van der Waals surface area contributed by atoms with Gasteiger partial charge in [0.15, 0.2) is 5.82 Å². The van der Waals surface area contributed by atoms with Gasteiger partial charge in [-0.25, -0.2) is 9.97 Å². The molecule has 0 spiro atoms. The van der Waals surface area contributed by atoms with Gasteiger partial charge in [-0.15, -0.1) is 0 Å². The Hall–Kier alpha value is -2.48. The largest absolute Gasteiger partial charge is 0.236 e. The summed E-state index contributed by atoms with van der Waals surface area (Å²) in [6, 6.07) is 17.6. The van der Waals surface area contributed by atoms with Crippen LogP contribution >= 0.6 is 0 Å². The maximum atomic E-state index is 4.59. The molecule has 0 aliphatic heterocycles. The highest BCUT2D eigenvalue weighted by atomic mass is 14.9. The van der Waals surface area contributed by atoms with Crippen molar-refractivity contribution in [3.05, 3.63) is 72.1 Å². The highest BCUT2D eigenvalue weighted by Crippen LogP contribution is 2.24. The second kappa shape index (κ2) is 11.6. The monoisotopic (exact) mass is 400 g/mol. The lowest BCUT2D eigenvalue weighted by molar-refractivity contribution is 0.558. The topological polar surface area (TPSA) is 25.8 Å². The molecule has 3 rings (SSSR count). The van der Waals surface area contributed by atoms with Gasteiger partial charge in [0.2, 0.25) is 0 Å². The normalized spacial score (nSPS) is 12.1. The summed E-state index contributed by atoms with van der Waals surface area (Å²) in [6.45, 7) is 6.76. The van der Waals surface area contributed by atoms with Crippen LogP contribution in [0.2, 0.25) is 0 Å². The van der Waals surface area contributed by atoms with Crippen LogP contribution < -0.4 is 0 Å². The average molecular weight is 401 g/mol. The van der Waals surface area contributed by atoms with E-state index in [-0.39, 0.29) is 0 Å². The second-order valence-electron chi connectivity index (χ2n) is 8.57. The number of aromatic nitrogens is 2. The highest BCUT2D eigenvalue weighted by Gasteiger charge is 2.06. The van der Waals surface area contributed by atoms with Gasteiger partial charge in [0.25, 0.3) is 0 Å². The minimum absolute atomic E-state index is 0.672. The Balaban J connectivity index is 1.58. The number of nitrogens with zero attached hydrogens (tertiary/aromatic N) is 2. The molecule has 0 N–H and O–H groups in total. The van der Waals surface area contributed by atoms with Crippen LogP contribution in [0.25, 0.3) is 22.5 Å². The molecule has 158 valence electrons. The molecule has 0 aliphatic carbocycles. The minimum Gasteiger partial charge on any atom is -0.236 e. The third-order valence-electron chi connectivity index (χ3n) is 5.99. The standard InChI is InChI=1S/C28H36N2/c1-4-6-7-8-9-10-23-11-13-25(14-12-23)26-15-17-27(18-16-26)28-29-20-24(21-30-28)19-22(3)5-2/h11-18,20-22H,4-10,19H2,1-3H3/t22-/m0/s1. The molecule has 0 fully saturated rings. The van der Waals surface area contributed by atoms with Crippen molar-refractivity contribution < 1.29 is 0 Å². The summed E-state index contributed by atoms with van der Waals surface area (Å²) in [5.74, 6) is 1.47. The molecule has 1 heterocycles. The van der Waals surface area contributed by atoms with E-state index in [1.165, 1.54) is 67.2 Å². The third-order valence-corrected chi connectivity index (χ3v) is 5.99. The Bertz CT molecular complexity index is 864. The van der Waals surface area contributed by atoms with Crippen LogP contribution in [0.5, 0.6) is 0 Å². The van der Waals surface area contributed by atoms with Gasteiger partial charge in [-0.05, 0) is 47.4 Å². The van der Waals surface area contributed by atoms with Crippen LogP contribution in [0.1, 0.15) is 70.4 Å². The van der Waals surface area contributed by atoms with E-state index in [9.17, 15) is 0 Å². The molecule has 2 nitrogen and oxygen atoms in total. The van der Waals surface area contributed by atoms with E-state index in [0.29, 0.717) is 5.92 Å². The first-order valence-corrected chi connectivity index (χ1v) is 11.7. The van der Waals surface area contributed by atoms with Gasteiger partial charge in [-0.1, -0.05) is 101 Å². The first kappa shape index (κ1) is 22.2. The van der Waals surface area contributed by atoms with Crippen molar-refractivity contribution in [1.29, 1.82) is 0 Å². The second-order valence-corrected chi connectivity index (χ2v) is 8.57. The Labute approximate surface area is 182 Å². The Morgan fingerprint density at radius 1 is 0.667 bits per heavy atom. The molecule has 1 aromatic heterocycles. The van der Waals surface area contributed by atoms with E-state index in [2.05, 4.69) is 79.3 Å². The predicted octanol–water partition coefficient (Wildman–Crippen LogP) is 7.91. The lowest BCUT2D eigenvalue weighted by atomic mass is 10.00. The number of aryl methyl sites for hydroxylation is 1. The fourth-order valence-corrected chi connectivity index (χ4v) is 3.76. The Morgan fingerprint density at radius 2 is 1.23 bits per heavy atom. The molecule has 0 saturated carbocycles. The van der Waals surface area contributed by atoms with Crippen LogP contribution in [0.4, 0.5) is 0 Å².